The number of carbonyl (C=O) groups is 2. The Morgan fingerprint density at radius 3 is 2.26 bits per heavy atom. The zero-order valence-corrected chi connectivity index (χ0v) is 17.9. The first-order valence-corrected chi connectivity index (χ1v) is 9.88. The number of thiol groups is 1. The summed E-state index contributed by atoms with van der Waals surface area (Å²) in [5, 5.41) is 5.49. The fourth-order valence-electron chi connectivity index (χ4n) is 2.87. The number of benzene rings is 3. The standard InChI is InChI=1S/C23H22FN3O3S/c1-15(16-7-13-19(30-2)14-8-16)25-23(29)27(31)18-11-9-17(10-12-18)26-22(28)20-5-3-4-6-21(20)24/h3-15,31H,1-2H3,(H,25,29)(H,26,28). The maximum Gasteiger partial charge on any atom is 0.332 e. The van der Waals surface area contributed by atoms with Crippen LogP contribution >= 0.6 is 12.8 Å². The molecule has 31 heavy (non-hydrogen) atoms. The number of nitrogens with one attached hydrogen (secondary N) is 2. The van der Waals surface area contributed by atoms with Crippen LogP contribution in [0.15, 0.2) is 72.8 Å². The van der Waals surface area contributed by atoms with E-state index in [-0.39, 0.29) is 11.6 Å². The summed E-state index contributed by atoms with van der Waals surface area (Å²) >= 11 is 4.27. The number of methoxy groups -OCH3 is 1. The minimum atomic E-state index is -0.596. The Morgan fingerprint density at radius 2 is 1.65 bits per heavy atom. The van der Waals surface area contributed by atoms with Crippen molar-refractivity contribution in [2.45, 2.75) is 13.0 Å². The van der Waals surface area contributed by atoms with Gasteiger partial charge in [-0.25, -0.2) is 13.5 Å². The number of ether oxygens (including phenoxy) is 1. The minimum Gasteiger partial charge on any atom is -0.497 e. The van der Waals surface area contributed by atoms with Crippen LogP contribution in [0, 0.1) is 5.82 Å². The summed E-state index contributed by atoms with van der Waals surface area (Å²) in [5.41, 5.74) is 1.84. The third-order valence-electron chi connectivity index (χ3n) is 4.64. The molecule has 0 radical (unpaired) electrons. The lowest BCUT2D eigenvalue weighted by molar-refractivity contribution is 0.102. The summed E-state index contributed by atoms with van der Waals surface area (Å²) in [6.45, 7) is 1.86. The van der Waals surface area contributed by atoms with Crippen LogP contribution in [0.2, 0.25) is 0 Å². The Labute approximate surface area is 185 Å². The Balaban J connectivity index is 1.61. The topological polar surface area (TPSA) is 70.7 Å². The lowest BCUT2D eigenvalue weighted by atomic mass is 10.1. The van der Waals surface area contributed by atoms with Gasteiger partial charge < -0.3 is 15.4 Å². The Hall–Kier alpha value is -3.52. The van der Waals surface area contributed by atoms with Gasteiger partial charge >= 0.3 is 6.03 Å². The van der Waals surface area contributed by atoms with Crippen LogP contribution in [-0.2, 0) is 0 Å². The van der Waals surface area contributed by atoms with Crippen molar-refractivity contribution in [2.75, 3.05) is 16.7 Å². The molecule has 8 heteroatoms. The van der Waals surface area contributed by atoms with Gasteiger partial charge in [-0.1, -0.05) is 37.1 Å². The van der Waals surface area contributed by atoms with Gasteiger partial charge in [0.15, 0.2) is 0 Å². The van der Waals surface area contributed by atoms with Crippen LogP contribution in [-0.4, -0.2) is 19.0 Å². The average Bonchev–Trinajstić information content (AvgIpc) is 2.79. The van der Waals surface area contributed by atoms with Gasteiger partial charge in [-0.05, 0) is 61.0 Å². The van der Waals surface area contributed by atoms with E-state index in [0.29, 0.717) is 11.4 Å². The summed E-state index contributed by atoms with van der Waals surface area (Å²) < 4.78 is 20.0. The number of nitrogens with zero attached hydrogens (tertiary/aromatic N) is 1. The molecule has 3 aromatic carbocycles. The van der Waals surface area contributed by atoms with Gasteiger partial charge in [-0.3, -0.25) is 4.79 Å². The molecule has 3 aromatic rings. The van der Waals surface area contributed by atoms with Crippen LogP contribution in [0.5, 0.6) is 5.75 Å². The third-order valence-corrected chi connectivity index (χ3v) is 5.05. The van der Waals surface area contributed by atoms with E-state index < -0.39 is 17.8 Å². The van der Waals surface area contributed by atoms with E-state index in [2.05, 4.69) is 23.4 Å². The zero-order valence-electron chi connectivity index (χ0n) is 17.0. The summed E-state index contributed by atoms with van der Waals surface area (Å²) in [6.07, 6.45) is 0. The Kier molecular flexibility index (Phi) is 7.15. The van der Waals surface area contributed by atoms with E-state index in [1.165, 1.54) is 22.5 Å². The molecule has 6 nitrogen and oxygen atoms in total. The van der Waals surface area contributed by atoms with E-state index >= 15 is 0 Å². The van der Waals surface area contributed by atoms with Crippen LogP contribution in [0.4, 0.5) is 20.6 Å². The first kappa shape index (κ1) is 22.2. The average molecular weight is 440 g/mol. The molecule has 0 aliphatic rings. The number of anilines is 2. The normalized spacial score (nSPS) is 11.4. The highest BCUT2D eigenvalue weighted by Gasteiger charge is 2.16. The molecule has 0 spiro atoms. The monoisotopic (exact) mass is 439 g/mol. The number of hydrogen-bond acceptors (Lipinski definition) is 4. The quantitative estimate of drug-likeness (QED) is 0.462. The molecule has 0 aliphatic heterocycles. The SMILES string of the molecule is COc1ccc(C(C)NC(=O)N(S)c2ccc(NC(=O)c3ccccc3F)cc2)cc1. The molecule has 0 saturated heterocycles. The van der Waals surface area contributed by atoms with Crippen LogP contribution in [0.3, 0.4) is 0 Å². The van der Waals surface area contributed by atoms with E-state index in [4.69, 9.17) is 4.74 Å². The molecule has 0 fully saturated rings. The van der Waals surface area contributed by atoms with Crippen molar-refractivity contribution in [3.63, 3.8) is 0 Å². The van der Waals surface area contributed by atoms with Crippen molar-refractivity contribution in [2.24, 2.45) is 0 Å². The fraction of sp³-hybridized carbons (Fsp3) is 0.130. The van der Waals surface area contributed by atoms with Gasteiger partial charge in [0.1, 0.15) is 11.6 Å². The van der Waals surface area contributed by atoms with Crippen molar-refractivity contribution in [3.8, 4) is 5.75 Å². The number of rotatable bonds is 6. The Bertz CT molecular complexity index is 1060. The zero-order chi connectivity index (χ0) is 22.4. The van der Waals surface area contributed by atoms with E-state index in [0.717, 1.165) is 11.3 Å². The number of carbonyl (C=O) groups excluding carboxylic acids is 2. The number of amides is 3. The highest BCUT2D eigenvalue weighted by molar-refractivity contribution is 7.82. The van der Waals surface area contributed by atoms with E-state index in [1.807, 2.05) is 31.2 Å². The minimum absolute atomic E-state index is 0.0469. The summed E-state index contributed by atoms with van der Waals surface area (Å²) in [5.74, 6) is -0.416. The Morgan fingerprint density at radius 1 is 1.00 bits per heavy atom. The second kappa shape index (κ2) is 9.99. The van der Waals surface area contributed by atoms with E-state index in [9.17, 15) is 14.0 Å². The first-order chi connectivity index (χ1) is 14.9. The second-order valence-electron chi connectivity index (χ2n) is 6.74. The largest absolute Gasteiger partial charge is 0.497 e. The lowest BCUT2D eigenvalue weighted by Gasteiger charge is -2.21. The molecule has 0 heterocycles. The van der Waals surface area contributed by atoms with Crippen LogP contribution < -0.4 is 19.7 Å². The molecule has 0 aromatic heterocycles. The molecule has 0 saturated carbocycles. The van der Waals surface area contributed by atoms with E-state index in [1.54, 1.807) is 37.4 Å². The first-order valence-electron chi connectivity index (χ1n) is 9.48. The van der Waals surface area contributed by atoms with Crippen molar-refractivity contribution in [3.05, 3.63) is 89.7 Å². The van der Waals surface area contributed by atoms with Crippen molar-refractivity contribution < 1.29 is 18.7 Å². The van der Waals surface area contributed by atoms with Gasteiger partial charge in [0.25, 0.3) is 5.91 Å². The molecular formula is C23H22FN3O3S. The lowest BCUT2D eigenvalue weighted by Crippen LogP contribution is -2.35. The molecule has 3 amide bonds. The summed E-state index contributed by atoms with van der Waals surface area (Å²) in [6, 6.07) is 19.0. The molecule has 3 rings (SSSR count). The van der Waals surface area contributed by atoms with Crippen molar-refractivity contribution in [1.29, 1.82) is 0 Å². The summed E-state index contributed by atoms with van der Waals surface area (Å²) in [4.78, 5) is 24.7. The van der Waals surface area contributed by atoms with Crippen LogP contribution in [0.1, 0.15) is 28.9 Å². The van der Waals surface area contributed by atoms with Gasteiger partial charge in [-0.15, -0.1) is 0 Å². The molecule has 2 N–H and O–H groups in total. The predicted molar refractivity (Wildman–Crippen MR) is 122 cm³/mol. The van der Waals surface area contributed by atoms with Crippen molar-refractivity contribution >= 4 is 36.1 Å². The highest BCUT2D eigenvalue weighted by Crippen LogP contribution is 2.22. The highest BCUT2D eigenvalue weighted by atomic mass is 32.1. The maximum absolute atomic E-state index is 13.7. The second-order valence-corrected chi connectivity index (χ2v) is 7.14. The van der Waals surface area contributed by atoms with Gasteiger partial charge in [0.05, 0.1) is 24.4 Å². The predicted octanol–water partition coefficient (Wildman–Crippen LogP) is 5.21. The number of halogens is 1. The molecule has 1 atom stereocenters. The number of hydrogen-bond donors (Lipinski definition) is 3. The summed E-state index contributed by atoms with van der Waals surface area (Å²) in [7, 11) is 1.59. The molecule has 0 aliphatic carbocycles. The molecule has 160 valence electrons. The smallest absolute Gasteiger partial charge is 0.332 e. The van der Waals surface area contributed by atoms with Crippen molar-refractivity contribution in [1.82, 2.24) is 5.32 Å². The third kappa shape index (κ3) is 5.55. The van der Waals surface area contributed by atoms with Crippen LogP contribution in [0.25, 0.3) is 0 Å². The van der Waals surface area contributed by atoms with Gasteiger partial charge in [-0.2, -0.15) is 0 Å². The van der Waals surface area contributed by atoms with Gasteiger partial charge in [0.2, 0.25) is 0 Å². The maximum atomic E-state index is 13.7. The number of urea groups is 1. The molecular weight excluding hydrogens is 417 g/mol. The van der Waals surface area contributed by atoms with Gasteiger partial charge in [0, 0.05) is 5.69 Å². The fourth-order valence-corrected chi connectivity index (χ4v) is 3.06. The molecule has 0 bridgehead atoms. The molecule has 1 unspecified atom stereocenters.